The van der Waals surface area contributed by atoms with Gasteiger partial charge in [-0.1, -0.05) is 93.4 Å². The fourth-order valence-electron chi connectivity index (χ4n) is 13.3. The second-order valence-corrected chi connectivity index (χ2v) is 54.6. The lowest BCUT2D eigenvalue weighted by molar-refractivity contribution is -0.106. The van der Waals surface area contributed by atoms with Crippen LogP contribution < -0.4 is 11.0 Å². The Hall–Kier alpha value is -3.84. The molecule has 0 aliphatic carbocycles. The molecule has 10 aliphatic rings. The third-order valence-electron chi connectivity index (χ3n) is 32.1. The number of nitrogens with zero attached hydrogens (tertiary/aromatic N) is 8. The van der Waals surface area contributed by atoms with E-state index in [1.54, 1.807) is 41.5 Å². The van der Waals surface area contributed by atoms with Crippen molar-refractivity contribution in [2.75, 3.05) is 0 Å². The van der Waals surface area contributed by atoms with Gasteiger partial charge in [-0.3, -0.25) is 40.6 Å². The van der Waals surface area contributed by atoms with Crippen molar-refractivity contribution >= 4 is 90.1 Å². The summed E-state index contributed by atoms with van der Waals surface area (Å²) < 4.78 is 47.1. The molecule has 0 aromatic carbocycles. The van der Waals surface area contributed by atoms with Gasteiger partial charge in [0, 0.05) is 60.7 Å². The van der Waals surface area contributed by atoms with Gasteiger partial charge in [0.25, 0.3) is 0 Å². The molecule has 0 amide bonds. The summed E-state index contributed by atoms with van der Waals surface area (Å²) in [5, 5.41) is 10.4. The van der Waals surface area contributed by atoms with E-state index < -0.39 is 20.2 Å². The second kappa shape index (κ2) is 36.4. The van der Waals surface area contributed by atoms with Gasteiger partial charge in [-0.15, -0.1) is 35.3 Å². The summed E-state index contributed by atoms with van der Waals surface area (Å²) in [5.74, 6) is 4.87. The van der Waals surface area contributed by atoms with Crippen LogP contribution in [0.25, 0.3) is 0 Å². The molecule has 2 N–H and O–H groups in total. The summed E-state index contributed by atoms with van der Waals surface area (Å²) in [6, 6.07) is 0. The molecule has 0 bridgehead atoms. The largest absolute Gasteiger partial charge is 0.490 e. The Balaban J connectivity index is 0.000000668. The standard InChI is InChI=1S/2C11H21NO.2C11H21NS.C10H18O3S.C10H18OS.2C8H16N2O.2C8H15NO/c4*1-8-12-10(4,5)9(2,3)11(6,7)13-8;1-7-8(2)14(11,12)10(5,6)9(3,4)13-7;1-7-8(2)12-10(5,6)9(3,4)11-7;2*1-6-9-7(2,3)8(4,5)11-10-6;2*1-6-7(2,3)8(4,5)10-9-6/h4*1-7H3;1-6H3;1-6H3;2*1-5H3,(H,9,10);2*1-5H3. The predicted octanol–water partition coefficient (Wildman–Crippen LogP) is 26.7. The zero-order valence-electron chi connectivity index (χ0n) is 88.3. The Bertz CT molecular complexity index is 3740. The number of allylic oxidation sites excluding steroid dienone is 4. The smallest absolute Gasteiger partial charge is 0.186 e. The molecule has 700 valence electrons. The van der Waals surface area contributed by atoms with Gasteiger partial charge in [0.2, 0.25) is 0 Å². The van der Waals surface area contributed by atoms with Gasteiger partial charge in [0.15, 0.2) is 21.6 Å². The summed E-state index contributed by atoms with van der Waals surface area (Å²) in [6.45, 7) is 126. The van der Waals surface area contributed by atoms with Crippen molar-refractivity contribution in [3.05, 3.63) is 21.3 Å². The second-order valence-electron chi connectivity index (χ2n) is 46.5. The lowest BCUT2D eigenvalue weighted by atomic mass is 9.64. The molecule has 0 unspecified atom stereocenters. The molecular weight excluding hydrogens is 1580 g/mol. The maximum atomic E-state index is 12.1. The van der Waals surface area contributed by atoms with E-state index in [9.17, 15) is 8.42 Å². The first-order valence-electron chi connectivity index (χ1n) is 43.3. The van der Waals surface area contributed by atoms with Crippen molar-refractivity contribution in [2.45, 2.75) is 512 Å². The molecular formula is C96H182N10O10S4. The number of sulfone groups is 1. The fourth-order valence-corrected chi connectivity index (χ4v) is 19.4. The molecule has 10 aliphatic heterocycles. The molecule has 20 nitrogen and oxygen atoms in total. The first kappa shape index (κ1) is 114. The highest BCUT2D eigenvalue weighted by atomic mass is 32.2. The van der Waals surface area contributed by atoms with Crippen LogP contribution in [0.2, 0.25) is 0 Å². The third kappa shape index (κ3) is 24.1. The lowest BCUT2D eigenvalue weighted by Crippen LogP contribution is -2.57. The van der Waals surface area contributed by atoms with Gasteiger partial charge in [-0.2, -0.15) is 0 Å². The van der Waals surface area contributed by atoms with Gasteiger partial charge >= 0.3 is 0 Å². The average molecular weight is 1760 g/mol. The average Bonchev–Trinajstić information content (AvgIpc) is 1.29. The van der Waals surface area contributed by atoms with Crippen molar-refractivity contribution in [2.24, 2.45) is 72.8 Å². The van der Waals surface area contributed by atoms with Crippen LogP contribution in [0.3, 0.4) is 0 Å². The normalized spacial score (nSPS) is 28.3. The Morgan fingerprint density at radius 3 is 0.767 bits per heavy atom. The molecule has 24 heteroatoms. The Morgan fingerprint density at radius 2 is 0.550 bits per heavy atom. The van der Waals surface area contributed by atoms with Crippen molar-refractivity contribution < 1.29 is 46.7 Å². The highest BCUT2D eigenvalue weighted by molar-refractivity contribution is 8.15. The molecule has 10 rings (SSSR count). The number of aliphatic imine (C=N–C) groups is 6. The molecule has 10 heterocycles. The van der Waals surface area contributed by atoms with Crippen molar-refractivity contribution in [1.82, 2.24) is 11.0 Å². The summed E-state index contributed by atoms with van der Waals surface area (Å²) in [5.41, 5.74) is 6.26. The quantitative estimate of drug-likeness (QED) is 0.230. The minimum Gasteiger partial charge on any atom is -0.490 e. The maximum Gasteiger partial charge on any atom is 0.186 e. The van der Waals surface area contributed by atoms with Crippen LogP contribution in [0.1, 0.15) is 415 Å². The number of nitrogens with one attached hydrogen (secondary N) is 2. The van der Waals surface area contributed by atoms with Gasteiger partial charge in [0.05, 0.1) is 64.4 Å². The molecule has 0 spiro atoms. The van der Waals surface area contributed by atoms with E-state index in [0.717, 1.165) is 40.6 Å². The molecule has 0 aromatic heterocycles. The van der Waals surface area contributed by atoms with Gasteiger partial charge < -0.3 is 28.6 Å². The highest BCUT2D eigenvalue weighted by Gasteiger charge is 2.58. The molecule has 0 atom stereocenters. The number of oxime groups is 2. The van der Waals surface area contributed by atoms with Crippen LogP contribution in [0, 0.1) is 32.5 Å². The topological polar surface area (TPSA) is 231 Å². The number of hydrogen-bond donors (Lipinski definition) is 2. The van der Waals surface area contributed by atoms with Gasteiger partial charge in [0.1, 0.15) is 72.7 Å². The fraction of sp³-hybridized carbons (Fsp3) is 0.875. The van der Waals surface area contributed by atoms with E-state index in [2.05, 4.69) is 339 Å². The monoisotopic (exact) mass is 1760 g/mol. The first-order valence-corrected chi connectivity index (χ1v) is 47.3. The minimum absolute atomic E-state index is 0.0412. The number of hydroxylamine groups is 2. The van der Waals surface area contributed by atoms with Crippen molar-refractivity contribution in [3.8, 4) is 0 Å². The Labute approximate surface area is 749 Å². The van der Waals surface area contributed by atoms with Crippen LogP contribution in [-0.2, 0) is 48.1 Å². The molecule has 0 fully saturated rings. The Kier molecular flexibility index (Phi) is 34.6. The van der Waals surface area contributed by atoms with Crippen LogP contribution in [0.5, 0.6) is 0 Å². The molecule has 120 heavy (non-hydrogen) atoms. The summed E-state index contributed by atoms with van der Waals surface area (Å²) in [6.07, 6.45) is 0. The number of rotatable bonds is 0. The van der Waals surface area contributed by atoms with E-state index in [0.29, 0.717) is 10.7 Å². The summed E-state index contributed by atoms with van der Waals surface area (Å²) >= 11 is 5.72. The summed E-state index contributed by atoms with van der Waals surface area (Å²) in [4.78, 5) is 50.5. The third-order valence-corrected chi connectivity index (χ3v) is 39.4. The van der Waals surface area contributed by atoms with Crippen LogP contribution in [0.4, 0.5) is 0 Å². The first-order chi connectivity index (χ1) is 52.2. The SMILES string of the molecule is CC1=C(C)S(=O)(=O)C(C)(C)C(C)(C)O1.CC1=C(C)SC(C)(C)C(C)(C)O1.CC1=NC(C)(C)C(C)(C)C(C)(C)O1.CC1=NC(C)(C)C(C)(C)C(C)(C)O1.CC1=NC(C)(C)C(C)(C)C(C)(C)S1.CC1=NC(C)(C)C(C)(C)C(C)(C)S1.CC1=NC(C)(C)C(C)(C)ON1.CC1=NC(C)(C)C(C)(C)ON1.CC1=NOC(C)(C)C1(C)C.CC1=NOC(C)(C)C1(C)C. The van der Waals surface area contributed by atoms with Gasteiger partial charge in [-0.05, 0) is 318 Å². The van der Waals surface area contributed by atoms with E-state index in [1.165, 1.54) is 15.0 Å². The van der Waals surface area contributed by atoms with E-state index in [-0.39, 0.29) is 119 Å². The Morgan fingerprint density at radius 1 is 0.275 bits per heavy atom. The van der Waals surface area contributed by atoms with Crippen LogP contribution >= 0.6 is 35.3 Å². The zero-order chi connectivity index (χ0) is 96.3. The maximum absolute atomic E-state index is 12.1. The van der Waals surface area contributed by atoms with E-state index in [4.69, 9.17) is 48.3 Å². The molecule has 0 aromatic rings. The van der Waals surface area contributed by atoms with Gasteiger partial charge in [-0.25, -0.2) is 18.4 Å². The van der Waals surface area contributed by atoms with Crippen molar-refractivity contribution in [1.29, 1.82) is 0 Å². The minimum atomic E-state index is -3.24. The number of amidine groups is 2. The van der Waals surface area contributed by atoms with Crippen LogP contribution in [0.15, 0.2) is 61.6 Å². The highest BCUT2D eigenvalue weighted by Crippen LogP contribution is 2.57. The molecule has 0 radical (unpaired) electrons. The predicted molar refractivity (Wildman–Crippen MR) is 524 cm³/mol. The van der Waals surface area contributed by atoms with Crippen LogP contribution in [-0.4, -0.2) is 150 Å². The van der Waals surface area contributed by atoms with E-state index >= 15 is 0 Å². The molecule has 0 saturated carbocycles. The summed E-state index contributed by atoms with van der Waals surface area (Å²) in [7, 11) is -3.24. The van der Waals surface area contributed by atoms with Crippen molar-refractivity contribution in [3.63, 3.8) is 0 Å². The number of hydrogen-bond acceptors (Lipinski definition) is 23. The zero-order valence-corrected chi connectivity index (χ0v) is 91.6. The number of thioether (sulfide) groups is 3. The van der Waals surface area contributed by atoms with E-state index in [1.807, 2.05) is 111 Å². The molecule has 0 saturated heterocycles. The number of ether oxygens (including phenoxy) is 4. The lowest BCUT2D eigenvalue weighted by Gasteiger charge is -2.52.